The monoisotopic (exact) mass is 459 g/mol. The Balaban J connectivity index is 1.32. The highest BCUT2D eigenvalue weighted by molar-refractivity contribution is 7.99. The fourth-order valence-corrected chi connectivity index (χ4v) is 4.65. The maximum atomic E-state index is 11.4. The number of nitrogens with one attached hydrogen (secondary N) is 3. The third-order valence-electron chi connectivity index (χ3n) is 5.39. The van der Waals surface area contributed by atoms with Crippen molar-refractivity contribution in [3.05, 3.63) is 64.8 Å². The minimum Gasteiger partial charge on any atom is -0.408 e. The Morgan fingerprint density at radius 3 is 2.85 bits per heavy atom. The molecule has 0 spiro atoms. The van der Waals surface area contributed by atoms with Gasteiger partial charge in [-0.2, -0.15) is 22.0 Å². The molecule has 0 aliphatic carbocycles. The van der Waals surface area contributed by atoms with Gasteiger partial charge in [0.05, 0.1) is 11.6 Å². The van der Waals surface area contributed by atoms with Gasteiger partial charge in [0, 0.05) is 46.9 Å². The fourth-order valence-electron chi connectivity index (χ4n) is 3.68. The minimum absolute atomic E-state index is 0.101. The molecule has 1 unspecified atom stereocenters. The van der Waals surface area contributed by atoms with Crippen LogP contribution in [0, 0.1) is 18.3 Å². The number of aryl methyl sites for hydroxylation is 1. The van der Waals surface area contributed by atoms with E-state index in [9.17, 15) is 10.1 Å². The van der Waals surface area contributed by atoms with Crippen molar-refractivity contribution in [2.75, 3.05) is 33.6 Å². The van der Waals surface area contributed by atoms with Crippen LogP contribution in [0.1, 0.15) is 5.56 Å². The number of nitrogens with zero attached hydrogens (tertiary/aromatic N) is 4. The molecular weight excluding hydrogens is 438 g/mol. The Kier molecular flexibility index (Phi) is 5.62. The molecular formula is C23H21N7O2S. The number of aromatic amines is 1. The molecule has 0 saturated carbocycles. The lowest BCUT2D eigenvalue weighted by molar-refractivity contribution is 0.555. The number of benzene rings is 2. The van der Waals surface area contributed by atoms with Crippen LogP contribution < -0.4 is 21.3 Å². The third kappa shape index (κ3) is 4.49. The highest BCUT2D eigenvalue weighted by Gasteiger charge is 2.22. The first-order valence-corrected chi connectivity index (χ1v) is 11.6. The van der Waals surface area contributed by atoms with Gasteiger partial charge in [-0.25, -0.2) is 9.78 Å². The van der Waals surface area contributed by atoms with E-state index in [1.54, 1.807) is 18.3 Å². The lowest BCUT2D eigenvalue weighted by Gasteiger charge is -2.33. The smallest absolute Gasteiger partial charge is 0.408 e. The van der Waals surface area contributed by atoms with E-state index in [1.807, 2.05) is 49.0 Å². The normalized spacial score (nSPS) is 15.9. The Bertz CT molecular complexity index is 1390. The van der Waals surface area contributed by atoms with Gasteiger partial charge in [0.1, 0.15) is 11.9 Å². The van der Waals surface area contributed by atoms with Gasteiger partial charge < -0.3 is 20.0 Å². The van der Waals surface area contributed by atoms with Crippen LogP contribution in [0.25, 0.3) is 11.1 Å². The van der Waals surface area contributed by atoms with Crippen LogP contribution in [0.3, 0.4) is 0 Å². The summed E-state index contributed by atoms with van der Waals surface area (Å²) in [6.45, 7) is 2.78. The van der Waals surface area contributed by atoms with Crippen molar-refractivity contribution in [3.63, 3.8) is 0 Å². The van der Waals surface area contributed by atoms with E-state index >= 15 is 0 Å². The predicted octanol–water partition coefficient (Wildman–Crippen LogP) is 4.15. The van der Waals surface area contributed by atoms with Gasteiger partial charge in [-0.3, -0.25) is 4.98 Å². The Hall–Kier alpha value is -3.97. The van der Waals surface area contributed by atoms with Gasteiger partial charge in [0.2, 0.25) is 5.95 Å². The molecule has 1 fully saturated rings. The van der Waals surface area contributed by atoms with Crippen molar-refractivity contribution in [3.8, 4) is 6.07 Å². The van der Waals surface area contributed by atoms with Gasteiger partial charge in [-0.05, 0) is 49.4 Å². The first-order valence-electron chi connectivity index (χ1n) is 10.4. The molecule has 5 rings (SSSR count). The molecule has 33 heavy (non-hydrogen) atoms. The molecule has 2 aromatic carbocycles. The van der Waals surface area contributed by atoms with E-state index in [0.29, 0.717) is 22.9 Å². The number of fused-ring (bicyclic) bond motifs is 1. The summed E-state index contributed by atoms with van der Waals surface area (Å²) in [5, 5.41) is 15.9. The SMILES string of the molecule is Cc1cnc(Nc2ccc(N3CCSCC3C#N)cc2)nc1Nc1ccc2oc(=O)[nH]c2c1. The maximum absolute atomic E-state index is 11.4. The predicted molar refractivity (Wildman–Crippen MR) is 131 cm³/mol. The van der Waals surface area contributed by atoms with Crippen molar-refractivity contribution in [2.24, 2.45) is 0 Å². The second-order valence-electron chi connectivity index (χ2n) is 7.66. The highest BCUT2D eigenvalue weighted by Crippen LogP contribution is 2.27. The molecule has 1 aliphatic rings. The number of nitriles is 1. The van der Waals surface area contributed by atoms with Crippen LogP contribution in [0.5, 0.6) is 0 Å². The van der Waals surface area contributed by atoms with Crippen molar-refractivity contribution in [2.45, 2.75) is 13.0 Å². The minimum atomic E-state index is -0.486. The molecule has 4 aromatic rings. The third-order valence-corrected chi connectivity index (χ3v) is 6.41. The highest BCUT2D eigenvalue weighted by atomic mass is 32.2. The van der Waals surface area contributed by atoms with Crippen molar-refractivity contribution in [1.29, 1.82) is 5.26 Å². The molecule has 166 valence electrons. The number of thioether (sulfide) groups is 1. The largest absolute Gasteiger partial charge is 0.417 e. The summed E-state index contributed by atoms with van der Waals surface area (Å²) < 4.78 is 5.05. The quantitative estimate of drug-likeness (QED) is 0.404. The molecule has 1 aliphatic heterocycles. The second kappa shape index (κ2) is 8.88. The number of oxazole rings is 1. The van der Waals surface area contributed by atoms with Crippen LogP contribution in [-0.4, -0.2) is 39.0 Å². The molecule has 3 N–H and O–H groups in total. The van der Waals surface area contributed by atoms with E-state index in [4.69, 9.17) is 4.42 Å². The number of aromatic nitrogens is 3. The average Bonchev–Trinajstić information content (AvgIpc) is 3.21. The zero-order chi connectivity index (χ0) is 22.8. The van der Waals surface area contributed by atoms with Crippen LogP contribution in [-0.2, 0) is 0 Å². The van der Waals surface area contributed by atoms with Crippen LogP contribution in [0.15, 0.2) is 57.9 Å². The molecule has 1 saturated heterocycles. The standard InChI is InChI=1S/C23H21N7O2S/c1-14-12-25-22(29-21(14)26-16-4-7-20-19(10-16)28-23(31)32-20)27-15-2-5-17(6-3-15)30-8-9-33-13-18(30)11-24/h2-7,10,12,18H,8-9,13H2,1H3,(H,28,31)(H2,25,26,27,29). The molecule has 0 radical (unpaired) electrons. The number of hydrogen-bond acceptors (Lipinski definition) is 9. The second-order valence-corrected chi connectivity index (χ2v) is 8.81. The van der Waals surface area contributed by atoms with Gasteiger partial charge >= 0.3 is 5.76 Å². The first-order chi connectivity index (χ1) is 16.1. The number of hydrogen-bond donors (Lipinski definition) is 3. The summed E-state index contributed by atoms with van der Waals surface area (Å²) in [6.07, 6.45) is 1.74. The Labute approximate surface area is 193 Å². The topological polar surface area (TPSA) is 123 Å². The number of rotatable bonds is 5. The van der Waals surface area contributed by atoms with E-state index in [-0.39, 0.29) is 6.04 Å². The van der Waals surface area contributed by atoms with E-state index < -0.39 is 5.76 Å². The van der Waals surface area contributed by atoms with Gasteiger partial charge in [-0.15, -0.1) is 0 Å². The lowest BCUT2D eigenvalue weighted by atomic mass is 10.2. The number of anilines is 5. The summed E-state index contributed by atoms with van der Waals surface area (Å²) in [4.78, 5) is 25.2. The Morgan fingerprint density at radius 2 is 2.03 bits per heavy atom. The lowest BCUT2D eigenvalue weighted by Crippen LogP contribution is -2.41. The van der Waals surface area contributed by atoms with Crippen LogP contribution in [0.2, 0.25) is 0 Å². The average molecular weight is 460 g/mol. The fraction of sp³-hybridized carbons (Fsp3) is 0.217. The van der Waals surface area contributed by atoms with Crippen molar-refractivity contribution in [1.82, 2.24) is 15.0 Å². The van der Waals surface area contributed by atoms with Gasteiger partial charge in [-0.1, -0.05) is 0 Å². The summed E-state index contributed by atoms with van der Waals surface area (Å²) in [5.41, 5.74) is 4.64. The molecule has 3 heterocycles. The Morgan fingerprint density at radius 1 is 1.21 bits per heavy atom. The first kappa shape index (κ1) is 20.9. The zero-order valence-electron chi connectivity index (χ0n) is 17.8. The molecule has 0 bridgehead atoms. The summed E-state index contributed by atoms with van der Waals surface area (Å²) in [7, 11) is 0. The van der Waals surface area contributed by atoms with Crippen molar-refractivity contribution >= 4 is 51.7 Å². The molecule has 1 atom stereocenters. The molecule has 10 heteroatoms. The molecule has 2 aromatic heterocycles. The van der Waals surface area contributed by atoms with Gasteiger partial charge in [0.25, 0.3) is 0 Å². The van der Waals surface area contributed by atoms with E-state index in [0.717, 1.165) is 40.7 Å². The van der Waals surface area contributed by atoms with Crippen LogP contribution >= 0.6 is 11.8 Å². The maximum Gasteiger partial charge on any atom is 0.417 e. The summed E-state index contributed by atoms with van der Waals surface area (Å²) in [6, 6.07) is 15.6. The summed E-state index contributed by atoms with van der Waals surface area (Å²) >= 11 is 1.82. The van der Waals surface area contributed by atoms with E-state index in [1.165, 1.54) is 0 Å². The molecule has 0 amide bonds. The van der Waals surface area contributed by atoms with E-state index in [2.05, 4.69) is 36.6 Å². The van der Waals surface area contributed by atoms with Crippen molar-refractivity contribution < 1.29 is 4.42 Å². The summed E-state index contributed by atoms with van der Waals surface area (Å²) in [5.74, 6) is 2.47. The molecule has 9 nitrogen and oxygen atoms in total. The zero-order valence-corrected chi connectivity index (χ0v) is 18.6. The number of H-pyrrole nitrogens is 1. The van der Waals surface area contributed by atoms with Gasteiger partial charge in [0.15, 0.2) is 5.58 Å². The van der Waals surface area contributed by atoms with Crippen LogP contribution in [0.4, 0.5) is 28.8 Å².